The van der Waals surface area contributed by atoms with Crippen LogP contribution in [0.25, 0.3) is 0 Å². The number of benzene rings is 2. The van der Waals surface area contributed by atoms with Crippen molar-refractivity contribution in [1.82, 2.24) is 10.3 Å². The average Bonchev–Trinajstić information content (AvgIpc) is 2.79. The van der Waals surface area contributed by atoms with Gasteiger partial charge < -0.3 is 16.4 Å². The van der Waals surface area contributed by atoms with Gasteiger partial charge in [-0.05, 0) is 66.8 Å². The topological polar surface area (TPSA) is 97.1 Å². The molecule has 0 radical (unpaired) electrons. The van der Waals surface area contributed by atoms with Crippen LogP contribution < -0.4 is 16.4 Å². The zero-order valence-electron chi connectivity index (χ0n) is 17.9. The first-order chi connectivity index (χ1) is 15.9. The summed E-state index contributed by atoms with van der Waals surface area (Å²) in [6, 6.07) is 13.3. The zero-order valence-corrected chi connectivity index (χ0v) is 17.9. The Morgan fingerprint density at radius 1 is 1.00 bits per heavy atom. The normalized spacial score (nSPS) is 15.2. The predicted octanol–water partition coefficient (Wildman–Crippen LogP) is 4.20. The first-order valence-electron chi connectivity index (χ1n) is 10.7. The number of carbonyl (C=O) groups is 2. The van der Waals surface area contributed by atoms with Gasteiger partial charge in [0.1, 0.15) is 0 Å². The second-order valence-corrected chi connectivity index (χ2v) is 8.24. The molecule has 170 valence electrons. The predicted molar refractivity (Wildman–Crippen MR) is 120 cm³/mol. The maximum absolute atomic E-state index is 13.7. The van der Waals surface area contributed by atoms with Gasteiger partial charge in [-0.2, -0.15) is 0 Å². The number of hydrogen-bond donors (Lipinski definition) is 3. The maximum Gasteiger partial charge on any atom is 0.255 e. The van der Waals surface area contributed by atoms with Crippen LogP contribution in [0.15, 0.2) is 67.0 Å². The molecule has 4 N–H and O–H groups in total. The van der Waals surface area contributed by atoms with Crippen molar-refractivity contribution < 1.29 is 18.4 Å². The minimum atomic E-state index is -0.933. The molecule has 0 bridgehead atoms. The number of hydrogen-bond acceptors (Lipinski definition) is 4. The zero-order chi connectivity index (χ0) is 23.4. The average molecular weight is 450 g/mol. The van der Waals surface area contributed by atoms with Crippen LogP contribution in [0.5, 0.6) is 0 Å². The molecule has 8 heteroatoms. The van der Waals surface area contributed by atoms with Gasteiger partial charge in [0, 0.05) is 36.1 Å². The smallest absolute Gasteiger partial charge is 0.255 e. The third-order valence-corrected chi connectivity index (χ3v) is 6.00. The fraction of sp³-hybridized carbons (Fsp3) is 0.240. The number of rotatable bonds is 7. The molecule has 1 fully saturated rings. The Kier molecular flexibility index (Phi) is 6.46. The van der Waals surface area contributed by atoms with Crippen molar-refractivity contribution in [3.8, 4) is 0 Å². The summed E-state index contributed by atoms with van der Waals surface area (Å²) >= 11 is 0. The number of anilines is 1. The second-order valence-electron chi connectivity index (χ2n) is 8.24. The summed E-state index contributed by atoms with van der Waals surface area (Å²) in [5, 5.41) is 5.75. The lowest BCUT2D eigenvalue weighted by molar-refractivity contribution is -0.124. The van der Waals surface area contributed by atoms with Crippen LogP contribution in [0.2, 0.25) is 0 Å². The number of halogens is 2. The van der Waals surface area contributed by atoms with E-state index in [1.807, 2.05) is 0 Å². The van der Waals surface area contributed by atoms with Gasteiger partial charge in [0.2, 0.25) is 5.91 Å². The lowest BCUT2D eigenvalue weighted by Gasteiger charge is -2.43. The Morgan fingerprint density at radius 3 is 2.30 bits per heavy atom. The molecule has 6 nitrogen and oxygen atoms in total. The summed E-state index contributed by atoms with van der Waals surface area (Å²) in [5.41, 5.74) is 7.89. The van der Waals surface area contributed by atoms with Crippen molar-refractivity contribution in [2.75, 3.05) is 5.32 Å². The molecule has 1 aliphatic carbocycles. The highest BCUT2D eigenvalue weighted by atomic mass is 19.2. The molecular formula is C25H24F2N4O2. The van der Waals surface area contributed by atoms with Crippen molar-refractivity contribution in [1.29, 1.82) is 0 Å². The maximum atomic E-state index is 13.7. The molecule has 1 saturated carbocycles. The van der Waals surface area contributed by atoms with E-state index in [0.717, 1.165) is 18.6 Å². The highest BCUT2D eigenvalue weighted by Crippen LogP contribution is 2.41. The van der Waals surface area contributed by atoms with Gasteiger partial charge in [0.25, 0.3) is 5.91 Å². The highest BCUT2D eigenvalue weighted by molar-refractivity contribution is 6.04. The van der Waals surface area contributed by atoms with Gasteiger partial charge in [0.05, 0.1) is 5.54 Å². The quantitative estimate of drug-likeness (QED) is 0.503. The number of carbonyl (C=O) groups excluding carboxylic acids is 2. The number of nitrogens with zero attached hydrogens (tertiary/aromatic N) is 1. The van der Waals surface area contributed by atoms with E-state index in [4.69, 9.17) is 5.73 Å². The summed E-state index contributed by atoms with van der Waals surface area (Å²) in [4.78, 5) is 29.0. The molecule has 0 aliphatic heterocycles. The molecule has 3 aromatic rings. The van der Waals surface area contributed by atoms with E-state index in [1.54, 1.807) is 48.8 Å². The van der Waals surface area contributed by atoms with Crippen molar-refractivity contribution in [3.63, 3.8) is 0 Å². The Hall–Kier alpha value is -3.65. The SMILES string of the molecule is NC(CC(=O)NC1(c2ccc(F)c(F)c2)CCC1)c1ccc(C(=O)Nc2ccncc2)cc1. The van der Waals surface area contributed by atoms with Gasteiger partial charge in [-0.1, -0.05) is 18.2 Å². The van der Waals surface area contributed by atoms with Crippen LogP contribution in [0.4, 0.5) is 14.5 Å². The third kappa shape index (κ3) is 5.06. The molecule has 1 heterocycles. The second kappa shape index (κ2) is 9.46. The fourth-order valence-electron chi connectivity index (χ4n) is 3.97. The Balaban J connectivity index is 1.37. The summed E-state index contributed by atoms with van der Waals surface area (Å²) < 4.78 is 27.0. The van der Waals surface area contributed by atoms with E-state index in [2.05, 4.69) is 15.6 Å². The molecule has 33 heavy (non-hydrogen) atoms. The van der Waals surface area contributed by atoms with Gasteiger partial charge >= 0.3 is 0 Å². The number of amides is 2. The van der Waals surface area contributed by atoms with Gasteiger partial charge in [-0.25, -0.2) is 8.78 Å². The first kappa shape index (κ1) is 22.5. The van der Waals surface area contributed by atoms with Crippen LogP contribution >= 0.6 is 0 Å². The van der Waals surface area contributed by atoms with E-state index >= 15 is 0 Å². The van der Waals surface area contributed by atoms with Gasteiger partial charge in [-0.15, -0.1) is 0 Å². The van der Waals surface area contributed by atoms with E-state index in [9.17, 15) is 18.4 Å². The van der Waals surface area contributed by atoms with Crippen molar-refractivity contribution in [3.05, 3.63) is 95.3 Å². The Bertz CT molecular complexity index is 1150. The van der Waals surface area contributed by atoms with E-state index in [0.29, 0.717) is 35.2 Å². The molecule has 2 amide bonds. The molecule has 0 spiro atoms. The standard InChI is InChI=1S/C25H24F2N4O2/c26-20-7-6-18(14-21(20)27)25(10-1-11-25)31-23(32)15-22(28)16-2-4-17(5-3-16)24(33)30-19-8-12-29-13-9-19/h2-9,12-14,22H,1,10-11,15,28H2,(H,31,32)(H,29,30,33). The highest BCUT2D eigenvalue weighted by Gasteiger charge is 2.40. The minimum Gasteiger partial charge on any atom is -0.347 e. The lowest BCUT2D eigenvalue weighted by atomic mass is 9.71. The largest absolute Gasteiger partial charge is 0.347 e. The molecular weight excluding hydrogens is 426 g/mol. The molecule has 1 unspecified atom stereocenters. The third-order valence-electron chi connectivity index (χ3n) is 6.00. The number of nitrogens with one attached hydrogen (secondary N) is 2. The molecule has 1 aliphatic rings. The van der Waals surface area contributed by atoms with Crippen molar-refractivity contribution in [2.24, 2.45) is 5.73 Å². The number of nitrogens with two attached hydrogens (primary N) is 1. The van der Waals surface area contributed by atoms with Crippen molar-refractivity contribution >= 4 is 17.5 Å². The van der Waals surface area contributed by atoms with Crippen LogP contribution in [0.1, 0.15) is 53.2 Å². The Morgan fingerprint density at radius 2 is 1.70 bits per heavy atom. The molecule has 1 aromatic heterocycles. The molecule has 2 aromatic carbocycles. The molecule has 0 saturated heterocycles. The van der Waals surface area contributed by atoms with Crippen molar-refractivity contribution in [2.45, 2.75) is 37.3 Å². The first-order valence-corrected chi connectivity index (χ1v) is 10.7. The van der Waals surface area contributed by atoms with Gasteiger partial charge in [-0.3, -0.25) is 14.6 Å². The monoisotopic (exact) mass is 450 g/mol. The summed E-state index contributed by atoms with van der Waals surface area (Å²) in [6.45, 7) is 0. The summed E-state index contributed by atoms with van der Waals surface area (Å²) in [6.07, 6.45) is 5.38. The van der Waals surface area contributed by atoms with E-state index < -0.39 is 23.2 Å². The van der Waals surface area contributed by atoms with Crippen LogP contribution in [-0.4, -0.2) is 16.8 Å². The fourth-order valence-corrected chi connectivity index (χ4v) is 3.97. The van der Waals surface area contributed by atoms with E-state index in [-0.39, 0.29) is 18.2 Å². The Labute approximate surface area is 190 Å². The lowest BCUT2D eigenvalue weighted by Crippen LogP contribution is -2.51. The number of pyridine rings is 1. The summed E-state index contributed by atoms with van der Waals surface area (Å²) in [7, 11) is 0. The molecule has 1 atom stereocenters. The van der Waals surface area contributed by atoms with Gasteiger partial charge in [0.15, 0.2) is 11.6 Å². The number of aromatic nitrogens is 1. The van der Waals surface area contributed by atoms with Crippen LogP contribution in [0.3, 0.4) is 0 Å². The van der Waals surface area contributed by atoms with E-state index in [1.165, 1.54) is 6.07 Å². The molecule has 4 rings (SSSR count). The minimum absolute atomic E-state index is 0.0218. The van der Waals surface area contributed by atoms with Crippen LogP contribution in [0, 0.1) is 11.6 Å². The summed E-state index contributed by atoms with van der Waals surface area (Å²) in [5.74, 6) is -2.39. The van der Waals surface area contributed by atoms with Crippen LogP contribution in [-0.2, 0) is 10.3 Å².